The summed E-state index contributed by atoms with van der Waals surface area (Å²) in [6, 6.07) is 3.34. The van der Waals surface area contributed by atoms with Gasteiger partial charge in [0.25, 0.3) is 0 Å². The van der Waals surface area contributed by atoms with Crippen molar-refractivity contribution in [2.24, 2.45) is 5.92 Å². The van der Waals surface area contributed by atoms with Crippen molar-refractivity contribution < 1.29 is 0 Å². The molecule has 1 atom stereocenters. The van der Waals surface area contributed by atoms with Crippen molar-refractivity contribution in [2.45, 2.75) is 77.9 Å². The van der Waals surface area contributed by atoms with Crippen LogP contribution in [0.15, 0.2) is 12.3 Å². The Labute approximate surface area is 117 Å². The summed E-state index contributed by atoms with van der Waals surface area (Å²) < 4.78 is 2.14. The summed E-state index contributed by atoms with van der Waals surface area (Å²) in [6.07, 6.45) is 10.1. The lowest BCUT2D eigenvalue weighted by Gasteiger charge is -2.19. The van der Waals surface area contributed by atoms with E-state index in [2.05, 4.69) is 43.0 Å². The highest BCUT2D eigenvalue weighted by atomic mass is 15.3. The largest absolute Gasteiger partial charge is 0.308 e. The van der Waals surface area contributed by atoms with Crippen LogP contribution in [-0.4, -0.2) is 15.8 Å². The molecule has 0 aromatic carbocycles. The van der Waals surface area contributed by atoms with Gasteiger partial charge in [-0.25, -0.2) is 0 Å². The molecule has 1 heterocycles. The molecule has 3 nitrogen and oxygen atoms in total. The number of aromatic nitrogens is 2. The molecular weight excluding hydrogens is 234 g/mol. The van der Waals surface area contributed by atoms with E-state index < -0.39 is 0 Å². The van der Waals surface area contributed by atoms with Crippen LogP contribution in [0.25, 0.3) is 0 Å². The van der Waals surface area contributed by atoms with Crippen LogP contribution < -0.4 is 5.32 Å². The first kappa shape index (κ1) is 14.6. The lowest BCUT2D eigenvalue weighted by atomic mass is 10.00. The van der Waals surface area contributed by atoms with Crippen LogP contribution in [0, 0.1) is 5.92 Å². The summed E-state index contributed by atoms with van der Waals surface area (Å²) in [5, 5.41) is 8.36. The van der Waals surface area contributed by atoms with Gasteiger partial charge in [0.2, 0.25) is 0 Å². The molecule has 0 amide bonds. The quantitative estimate of drug-likeness (QED) is 0.808. The monoisotopic (exact) mass is 263 g/mol. The van der Waals surface area contributed by atoms with Gasteiger partial charge < -0.3 is 5.32 Å². The zero-order chi connectivity index (χ0) is 13.7. The molecule has 1 aromatic heterocycles. The van der Waals surface area contributed by atoms with Crippen molar-refractivity contribution in [3.63, 3.8) is 0 Å². The van der Waals surface area contributed by atoms with E-state index in [0.29, 0.717) is 12.1 Å². The van der Waals surface area contributed by atoms with Gasteiger partial charge in [0, 0.05) is 18.8 Å². The molecular formula is C16H29N3. The first-order valence-electron chi connectivity index (χ1n) is 8.02. The fourth-order valence-corrected chi connectivity index (χ4v) is 3.23. The fourth-order valence-electron chi connectivity index (χ4n) is 3.23. The van der Waals surface area contributed by atoms with Crippen LogP contribution in [0.5, 0.6) is 0 Å². The van der Waals surface area contributed by atoms with E-state index in [1.807, 2.05) is 0 Å². The van der Waals surface area contributed by atoms with Crippen molar-refractivity contribution in [1.82, 2.24) is 15.1 Å². The van der Waals surface area contributed by atoms with Gasteiger partial charge in [-0.3, -0.25) is 4.68 Å². The Kier molecular flexibility index (Phi) is 5.44. The lowest BCUT2D eigenvalue weighted by Crippen LogP contribution is -2.31. The SMILES string of the molecule is CCC(CC)n1ccc(CNC(C)C2CCCC2)n1. The summed E-state index contributed by atoms with van der Waals surface area (Å²) in [6.45, 7) is 7.70. The maximum absolute atomic E-state index is 4.70. The summed E-state index contributed by atoms with van der Waals surface area (Å²) in [5.74, 6) is 0.876. The van der Waals surface area contributed by atoms with Gasteiger partial charge in [0.05, 0.1) is 11.7 Å². The van der Waals surface area contributed by atoms with Crippen LogP contribution in [0.2, 0.25) is 0 Å². The van der Waals surface area contributed by atoms with Crippen LogP contribution in [0.1, 0.15) is 71.0 Å². The van der Waals surface area contributed by atoms with E-state index in [4.69, 9.17) is 5.10 Å². The van der Waals surface area contributed by atoms with Crippen molar-refractivity contribution in [3.05, 3.63) is 18.0 Å². The first-order chi connectivity index (χ1) is 9.24. The molecule has 1 aliphatic carbocycles. The standard InChI is InChI=1S/C16H29N3/c1-4-16(5-2)19-11-10-15(18-19)12-17-13(3)14-8-6-7-9-14/h10-11,13-14,16-17H,4-9,12H2,1-3H3. The lowest BCUT2D eigenvalue weighted by molar-refractivity contribution is 0.375. The van der Waals surface area contributed by atoms with Gasteiger partial charge in [-0.2, -0.15) is 5.10 Å². The van der Waals surface area contributed by atoms with Gasteiger partial charge in [-0.15, -0.1) is 0 Å². The van der Waals surface area contributed by atoms with Crippen molar-refractivity contribution in [3.8, 4) is 0 Å². The van der Waals surface area contributed by atoms with Crippen LogP contribution in [-0.2, 0) is 6.54 Å². The average molecular weight is 263 g/mol. The average Bonchev–Trinajstić information content (AvgIpc) is 3.09. The third-order valence-electron chi connectivity index (χ3n) is 4.69. The number of hydrogen-bond donors (Lipinski definition) is 1. The fraction of sp³-hybridized carbons (Fsp3) is 0.812. The van der Waals surface area contributed by atoms with E-state index in [1.165, 1.54) is 31.4 Å². The predicted molar refractivity (Wildman–Crippen MR) is 80.1 cm³/mol. The van der Waals surface area contributed by atoms with Gasteiger partial charge in [0.1, 0.15) is 0 Å². The van der Waals surface area contributed by atoms with Crippen molar-refractivity contribution in [2.75, 3.05) is 0 Å². The topological polar surface area (TPSA) is 29.9 Å². The molecule has 1 aromatic rings. The van der Waals surface area contributed by atoms with Crippen molar-refractivity contribution in [1.29, 1.82) is 0 Å². The predicted octanol–water partition coefficient (Wildman–Crippen LogP) is 3.91. The molecule has 0 radical (unpaired) electrons. The number of nitrogens with zero attached hydrogens (tertiary/aromatic N) is 2. The van der Waals surface area contributed by atoms with Crippen molar-refractivity contribution >= 4 is 0 Å². The zero-order valence-corrected chi connectivity index (χ0v) is 12.7. The van der Waals surface area contributed by atoms with E-state index in [9.17, 15) is 0 Å². The Morgan fingerprint density at radius 2 is 2.00 bits per heavy atom. The smallest absolute Gasteiger partial charge is 0.0762 e. The molecule has 0 spiro atoms. The molecule has 1 aliphatic rings. The van der Waals surface area contributed by atoms with Crippen LogP contribution in [0.4, 0.5) is 0 Å². The highest BCUT2D eigenvalue weighted by molar-refractivity contribution is 5.00. The summed E-state index contributed by atoms with van der Waals surface area (Å²) in [5.41, 5.74) is 1.18. The molecule has 19 heavy (non-hydrogen) atoms. The Morgan fingerprint density at radius 1 is 1.32 bits per heavy atom. The molecule has 3 heteroatoms. The molecule has 2 rings (SSSR count). The minimum Gasteiger partial charge on any atom is -0.308 e. The highest BCUT2D eigenvalue weighted by Gasteiger charge is 2.21. The van der Waals surface area contributed by atoms with Gasteiger partial charge in [0.15, 0.2) is 0 Å². The Hall–Kier alpha value is -0.830. The highest BCUT2D eigenvalue weighted by Crippen LogP contribution is 2.27. The second kappa shape index (κ2) is 7.09. The molecule has 0 bridgehead atoms. The third kappa shape index (κ3) is 3.82. The first-order valence-corrected chi connectivity index (χ1v) is 8.02. The second-order valence-electron chi connectivity index (χ2n) is 5.97. The van der Waals surface area contributed by atoms with Gasteiger partial charge in [-0.05, 0) is 44.6 Å². The molecule has 1 N–H and O–H groups in total. The molecule has 108 valence electrons. The van der Waals surface area contributed by atoms with Crippen LogP contribution >= 0.6 is 0 Å². The molecule has 1 fully saturated rings. The zero-order valence-electron chi connectivity index (χ0n) is 12.7. The molecule has 1 unspecified atom stereocenters. The second-order valence-corrected chi connectivity index (χ2v) is 5.97. The Balaban J connectivity index is 1.82. The minimum atomic E-state index is 0.556. The summed E-state index contributed by atoms with van der Waals surface area (Å²) in [4.78, 5) is 0. The maximum atomic E-state index is 4.70. The van der Waals surface area contributed by atoms with Gasteiger partial charge in [-0.1, -0.05) is 26.7 Å². The summed E-state index contributed by atoms with van der Waals surface area (Å²) in [7, 11) is 0. The molecule has 1 saturated carbocycles. The van der Waals surface area contributed by atoms with E-state index >= 15 is 0 Å². The maximum Gasteiger partial charge on any atom is 0.0762 e. The van der Waals surface area contributed by atoms with E-state index in [0.717, 1.165) is 25.3 Å². The van der Waals surface area contributed by atoms with Crippen LogP contribution in [0.3, 0.4) is 0 Å². The Morgan fingerprint density at radius 3 is 2.63 bits per heavy atom. The Bertz CT molecular complexity index is 362. The third-order valence-corrected chi connectivity index (χ3v) is 4.69. The normalized spacial score (nSPS) is 18.3. The minimum absolute atomic E-state index is 0.556. The molecule has 0 saturated heterocycles. The number of hydrogen-bond acceptors (Lipinski definition) is 2. The van der Waals surface area contributed by atoms with E-state index in [1.54, 1.807) is 0 Å². The summed E-state index contributed by atoms with van der Waals surface area (Å²) >= 11 is 0. The molecule has 0 aliphatic heterocycles. The van der Waals surface area contributed by atoms with Gasteiger partial charge >= 0.3 is 0 Å². The van der Waals surface area contributed by atoms with E-state index in [-0.39, 0.29) is 0 Å². The number of rotatable bonds is 7. The number of nitrogens with one attached hydrogen (secondary N) is 1.